The first kappa shape index (κ1) is 14.5. The summed E-state index contributed by atoms with van der Waals surface area (Å²) in [6.07, 6.45) is 4.61. The summed E-state index contributed by atoms with van der Waals surface area (Å²) in [5.41, 5.74) is 4.40. The molecule has 2 unspecified atom stereocenters. The number of nitrogens with zero attached hydrogens (tertiary/aromatic N) is 2. The fraction of sp³-hybridized carbons (Fsp3) is 0.294. The topological polar surface area (TPSA) is 58.6 Å². The molecular formula is C17H16FN3OS. The van der Waals surface area contributed by atoms with Gasteiger partial charge in [-0.3, -0.25) is 9.19 Å². The normalized spacial score (nSPS) is 18.8. The number of rotatable bonds is 2. The Kier molecular flexibility index (Phi) is 3.49. The molecule has 0 fully saturated rings. The molecule has 0 radical (unpaired) electrons. The number of aromatic amines is 1. The van der Waals surface area contributed by atoms with Crippen molar-refractivity contribution in [1.29, 1.82) is 0 Å². The van der Waals surface area contributed by atoms with Crippen molar-refractivity contribution in [2.24, 2.45) is 0 Å². The molecule has 6 heteroatoms. The highest BCUT2D eigenvalue weighted by atomic mass is 32.2. The molecule has 23 heavy (non-hydrogen) atoms. The van der Waals surface area contributed by atoms with Crippen LogP contribution in [0.5, 0.6) is 0 Å². The molecule has 0 amide bonds. The first-order valence-electron chi connectivity index (χ1n) is 7.63. The van der Waals surface area contributed by atoms with Crippen molar-refractivity contribution in [1.82, 2.24) is 15.0 Å². The van der Waals surface area contributed by atoms with Crippen LogP contribution < -0.4 is 0 Å². The summed E-state index contributed by atoms with van der Waals surface area (Å²) in [5, 5.41) is 0.232. The molecule has 1 N–H and O–H groups in total. The number of hydrogen-bond acceptors (Lipinski definition) is 3. The van der Waals surface area contributed by atoms with Crippen molar-refractivity contribution in [3.8, 4) is 0 Å². The lowest BCUT2D eigenvalue weighted by Gasteiger charge is -2.23. The van der Waals surface area contributed by atoms with E-state index in [1.54, 1.807) is 6.07 Å². The van der Waals surface area contributed by atoms with E-state index >= 15 is 0 Å². The van der Waals surface area contributed by atoms with Gasteiger partial charge in [0.05, 0.1) is 32.8 Å². The predicted octanol–water partition coefficient (Wildman–Crippen LogP) is 3.59. The Hall–Kier alpha value is -2.08. The number of hydrogen-bond donors (Lipinski definition) is 1. The van der Waals surface area contributed by atoms with Gasteiger partial charge < -0.3 is 4.98 Å². The van der Waals surface area contributed by atoms with Gasteiger partial charge in [0, 0.05) is 6.20 Å². The Morgan fingerprint density at radius 1 is 1.35 bits per heavy atom. The summed E-state index contributed by atoms with van der Waals surface area (Å²) in [7, 11) is -1.33. The summed E-state index contributed by atoms with van der Waals surface area (Å²) < 4.78 is 26.3. The van der Waals surface area contributed by atoms with E-state index in [2.05, 4.69) is 21.0 Å². The Morgan fingerprint density at radius 3 is 3.09 bits per heavy atom. The lowest BCUT2D eigenvalue weighted by Crippen LogP contribution is -2.17. The molecule has 0 bridgehead atoms. The molecule has 1 aliphatic carbocycles. The molecule has 2 atom stereocenters. The highest BCUT2D eigenvalue weighted by molar-refractivity contribution is 7.85. The van der Waals surface area contributed by atoms with Crippen molar-refractivity contribution >= 4 is 21.8 Å². The van der Waals surface area contributed by atoms with E-state index in [9.17, 15) is 8.60 Å². The van der Waals surface area contributed by atoms with Crippen molar-refractivity contribution in [3.63, 3.8) is 0 Å². The number of fused-ring (bicyclic) bond motifs is 2. The van der Waals surface area contributed by atoms with Crippen LogP contribution >= 0.6 is 0 Å². The predicted molar refractivity (Wildman–Crippen MR) is 87.1 cm³/mol. The van der Waals surface area contributed by atoms with Crippen LogP contribution in [0.2, 0.25) is 0 Å². The number of aromatic nitrogens is 3. The lowest BCUT2D eigenvalue weighted by molar-refractivity contribution is 0.614. The fourth-order valence-corrected chi connectivity index (χ4v) is 4.61. The Bertz CT molecular complexity index is 921. The molecule has 4 nitrogen and oxygen atoms in total. The third-order valence-corrected chi connectivity index (χ3v) is 5.78. The largest absolute Gasteiger partial charge is 0.331 e. The van der Waals surface area contributed by atoms with E-state index in [1.165, 1.54) is 17.7 Å². The van der Waals surface area contributed by atoms with Crippen molar-refractivity contribution in [3.05, 3.63) is 53.1 Å². The number of halogens is 1. The molecule has 118 valence electrons. The van der Waals surface area contributed by atoms with Gasteiger partial charge >= 0.3 is 0 Å². The van der Waals surface area contributed by atoms with Crippen molar-refractivity contribution in [2.45, 2.75) is 36.6 Å². The average molecular weight is 329 g/mol. The van der Waals surface area contributed by atoms with Crippen molar-refractivity contribution in [2.75, 3.05) is 0 Å². The number of imidazole rings is 1. The van der Waals surface area contributed by atoms with Crippen LogP contribution in [0, 0.1) is 12.7 Å². The molecule has 4 rings (SSSR count). The summed E-state index contributed by atoms with van der Waals surface area (Å²) in [6, 6.07) is 6.45. The Morgan fingerprint density at radius 2 is 2.22 bits per heavy atom. The molecule has 0 aliphatic heterocycles. The van der Waals surface area contributed by atoms with Crippen LogP contribution in [0.1, 0.15) is 34.9 Å². The molecular weight excluding hydrogens is 313 g/mol. The number of aryl methyl sites for hydroxylation is 2. The van der Waals surface area contributed by atoms with Crippen LogP contribution in [0.3, 0.4) is 0 Å². The van der Waals surface area contributed by atoms with E-state index in [0.29, 0.717) is 16.2 Å². The fourth-order valence-electron chi connectivity index (χ4n) is 3.14. The van der Waals surface area contributed by atoms with Crippen molar-refractivity contribution < 1.29 is 8.60 Å². The van der Waals surface area contributed by atoms with Gasteiger partial charge in [0.2, 0.25) is 0 Å². The van der Waals surface area contributed by atoms with Gasteiger partial charge in [0.1, 0.15) is 5.82 Å². The third kappa shape index (κ3) is 2.57. The number of pyridine rings is 1. The summed E-state index contributed by atoms with van der Waals surface area (Å²) in [5.74, 6) is -0.335. The SMILES string of the molecule is Cc1cnc2c(c1)CCCC2S(=O)c1nc2ccc(F)cc2[nH]1. The van der Waals surface area contributed by atoms with Gasteiger partial charge in [0.25, 0.3) is 0 Å². The van der Waals surface area contributed by atoms with E-state index in [1.807, 2.05) is 13.1 Å². The first-order chi connectivity index (χ1) is 11.1. The zero-order chi connectivity index (χ0) is 16.0. The minimum atomic E-state index is -1.33. The van der Waals surface area contributed by atoms with Crippen LogP contribution in [0.4, 0.5) is 4.39 Å². The molecule has 1 aliphatic rings. The summed E-state index contributed by atoms with van der Waals surface area (Å²) in [6.45, 7) is 2.02. The molecule has 2 aromatic heterocycles. The maximum absolute atomic E-state index is 13.3. The van der Waals surface area contributed by atoms with Gasteiger partial charge in [-0.15, -0.1) is 0 Å². The van der Waals surface area contributed by atoms with Gasteiger partial charge in [-0.2, -0.15) is 0 Å². The Labute approximate surface area is 135 Å². The smallest absolute Gasteiger partial charge is 0.198 e. The highest BCUT2D eigenvalue weighted by Gasteiger charge is 2.29. The number of H-pyrrole nitrogens is 1. The average Bonchev–Trinajstić information content (AvgIpc) is 2.96. The maximum Gasteiger partial charge on any atom is 0.198 e. The molecule has 0 saturated carbocycles. The molecule has 1 aromatic carbocycles. The standard InChI is InChI=1S/C17H16FN3OS/c1-10-7-11-3-2-4-15(16(11)19-9-10)23(22)17-20-13-6-5-12(18)8-14(13)21-17/h5-9,15H,2-4H2,1H3,(H,20,21). The molecule has 3 aromatic rings. The molecule has 0 saturated heterocycles. The first-order valence-corrected chi connectivity index (χ1v) is 8.84. The third-order valence-electron chi connectivity index (χ3n) is 4.23. The summed E-state index contributed by atoms with van der Waals surface area (Å²) >= 11 is 0. The minimum Gasteiger partial charge on any atom is -0.331 e. The van der Waals surface area contributed by atoms with Crippen LogP contribution in [0.15, 0.2) is 35.6 Å². The van der Waals surface area contributed by atoms with Gasteiger partial charge in [-0.1, -0.05) is 6.07 Å². The Balaban J connectivity index is 1.74. The van der Waals surface area contributed by atoms with E-state index in [-0.39, 0.29) is 11.1 Å². The zero-order valence-corrected chi connectivity index (χ0v) is 13.5. The van der Waals surface area contributed by atoms with E-state index in [4.69, 9.17) is 0 Å². The minimum absolute atomic E-state index is 0.162. The monoisotopic (exact) mass is 329 g/mol. The van der Waals surface area contributed by atoms with E-state index in [0.717, 1.165) is 30.5 Å². The zero-order valence-electron chi connectivity index (χ0n) is 12.7. The van der Waals surface area contributed by atoms with Gasteiger partial charge in [-0.25, -0.2) is 9.37 Å². The van der Waals surface area contributed by atoms with Gasteiger partial charge in [0.15, 0.2) is 5.16 Å². The highest BCUT2D eigenvalue weighted by Crippen LogP contribution is 2.35. The number of benzene rings is 1. The summed E-state index contributed by atoms with van der Waals surface area (Å²) in [4.78, 5) is 11.9. The van der Waals surface area contributed by atoms with Gasteiger partial charge in [-0.05, 0) is 55.5 Å². The molecule has 2 heterocycles. The van der Waals surface area contributed by atoms with Crippen LogP contribution in [-0.2, 0) is 17.2 Å². The second-order valence-corrected chi connectivity index (χ2v) is 7.49. The lowest BCUT2D eigenvalue weighted by atomic mass is 9.95. The van der Waals surface area contributed by atoms with E-state index < -0.39 is 10.8 Å². The van der Waals surface area contributed by atoms with Crippen LogP contribution in [0.25, 0.3) is 11.0 Å². The van der Waals surface area contributed by atoms with Crippen LogP contribution in [-0.4, -0.2) is 19.2 Å². The quantitative estimate of drug-likeness (QED) is 0.781. The molecule has 0 spiro atoms. The second kappa shape index (κ2) is 5.53. The second-order valence-electron chi connectivity index (χ2n) is 5.94. The number of nitrogens with one attached hydrogen (secondary N) is 1. The maximum atomic E-state index is 13.3.